The van der Waals surface area contributed by atoms with Gasteiger partial charge in [-0.2, -0.15) is 0 Å². The Labute approximate surface area is 91.3 Å². The van der Waals surface area contributed by atoms with Crippen molar-refractivity contribution in [3.8, 4) is 12.3 Å². The highest BCUT2D eigenvalue weighted by molar-refractivity contribution is 6.65. The van der Waals surface area contributed by atoms with E-state index < -0.39 is 8.80 Å². The third kappa shape index (κ3) is 2.10. The van der Waals surface area contributed by atoms with E-state index in [-0.39, 0.29) is 13.8 Å². The van der Waals surface area contributed by atoms with E-state index >= 15 is 0 Å². The molecule has 0 amide bonds. The lowest BCUT2D eigenvalue weighted by Crippen LogP contribution is -2.28. The van der Waals surface area contributed by atoms with Crippen LogP contribution in [0.4, 0.5) is 0 Å². The summed E-state index contributed by atoms with van der Waals surface area (Å²) < 4.78 is 0. The normalized spacial score (nSPS) is 26.5. The van der Waals surface area contributed by atoms with Crippen molar-refractivity contribution in [1.82, 2.24) is 0 Å². The van der Waals surface area contributed by atoms with Crippen molar-refractivity contribution in [2.75, 3.05) is 0 Å². The van der Waals surface area contributed by atoms with Crippen LogP contribution < -0.4 is 0 Å². The van der Waals surface area contributed by atoms with Crippen molar-refractivity contribution < 1.29 is 0 Å². The maximum absolute atomic E-state index is 5.71. The lowest BCUT2D eigenvalue weighted by atomic mass is 10.0. The zero-order valence-corrected chi connectivity index (χ0v) is 11.5. The zero-order valence-electron chi connectivity index (χ0n) is 9.52. The summed E-state index contributed by atoms with van der Waals surface area (Å²) in [6, 6.07) is 0. The van der Waals surface area contributed by atoms with Crippen molar-refractivity contribution in [2.45, 2.75) is 37.6 Å². The minimum absolute atomic E-state index is 0.0800. The largest absolute Gasteiger partial charge is 0.120 e. The second-order valence-electron chi connectivity index (χ2n) is 4.34. The van der Waals surface area contributed by atoms with Crippen LogP contribution in [0.1, 0.15) is 6.42 Å². The van der Waals surface area contributed by atoms with E-state index in [0.717, 1.165) is 6.42 Å². The Kier molecular flexibility index (Phi) is 3.57. The van der Waals surface area contributed by atoms with Gasteiger partial charge in [0.2, 0.25) is 0 Å². The summed E-state index contributed by atoms with van der Waals surface area (Å²) in [6.07, 6.45) is 13.5. The highest BCUT2D eigenvalue weighted by Gasteiger charge is 2.32. The number of allylic oxidation sites excluding steroid dienone is 4. The van der Waals surface area contributed by atoms with Gasteiger partial charge in [-0.15, -0.1) is 6.42 Å². The first-order valence-corrected chi connectivity index (χ1v) is 9.99. The molecule has 2 radical (unpaired) electrons. The van der Waals surface area contributed by atoms with Gasteiger partial charge in [0, 0.05) is 5.04 Å². The predicted molar refractivity (Wildman–Crippen MR) is 68.3 cm³/mol. The van der Waals surface area contributed by atoms with Gasteiger partial charge in [-0.25, -0.2) is 0 Å². The number of hydrogen-bond acceptors (Lipinski definition) is 0. The maximum Gasteiger partial charge on any atom is 0.0737 e. The molecule has 1 atom stereocenters. The summed E-state index contributed by atoms with van der Waals surface area (Å²) in [5.41, 5.74) is 0. The fourth-order valence-electron chi connectivity index (χ4n) is 1.68. The standard InChI is InChI=1S/C12H18Si2/c1-6-12(14(4)5)9-7-8-11(10-12)13(2)3/h1,7-9H,10H2,2-5H3. The topological polar surface area (TPSA) is 0 Å². The summed E-state index contributed by atoms with van der Waals surface area (Å²) in [7, 11) is -0.776. The second kappa shape index (κ2) is 4.33. The Balaban J connectivity index is 2.94. The van der Waals surface area contributed by atoms with Gasteiger partial charge >= 0.3 is 0 Å². The quantitative estimate of drug-likeness (QED) is 0.493. The van der Waals surface area contributed by atoms with Crippen molar-refractivity contribution >= 4 is 17.6 Å². The summed E-state index contributed by atoms with van der Waals surface area (Å²) in [4.78, 5) is 0. The Hall–Kier alpha value is -0.526. The van der Waals surface area contributed by atoms with Crippen LogP contribution in [-0.4, -0.2) is 17.6 Å². The average Bonchev–Trinajstić information content (AvgIpc) is 2.17. The zero-order chi connectivity index (χ0) is 10.8. The molecule has 2 heteroatoms. The average molecular weight is 218 g/mol. The molecular weight excluding hydrogens is 200 g/mol. The number of terminal acetylenes is 1. The fourth-order valence-corrected chi connectivity index (χ4v) is 4.18. The molecule has 0 N–H and O–H groups in total. The molecule has 74 valence electrons. The SMILES string of the molecule is C#CC1([Si](C)C)C=CC=C([Si](C)C)C1. The maximum atomic E-state index is 5.71. The molecular formula is C12H18Si2. The third-order valence-electron chi connectivity index (χ3n) is 2.94. The molecule has 0 nitrogen and oxygen atoms in total. The molecule has 0 aliphatic heterocycles. The van der Waals surface area contributed by atoms with Gasteiger partial charge < -0.3 is 0 Å². The Morgan fingerprint density at radius 2 is 2.00 bits per heavy atom. The number of hydrogen-bond donors (Lipinski definition) is 0. The van der Waals surface area contributed by atoms with Gasteiger partial charge in [-0.3, -0.25) is 0 Å². The Bertz CT molecular complexity index is 305. The molecule has 1 aliphatic carbocycles. The van der Waals surface area contributed by atoms with Crippen LogP contribution in [0, 0.1) is 12.3 Å². The van der Waals surface area contributed by atoms with Crippen molar-refractivity contribution in [2.24, 2.45) is 0 Å². The molecule has 14 heavy (non-hydrogen) atoms. The highest BCUT2D eigenvalue weighted by Crippen LogP contribution is 2.41. The Morgan fingerprint density at radius 3 is 2.43 bits per heavy atom. The molecule has 1 aliphatic rings. The van der Waals surface area contributed by atoms with E-state index in [1.807, 2.05) is 0 Å². The van der Waals surface area contributed by atoms with Crippen LogP contribution in [0.3, 0.4) is 0 Å². The van der Waals surface area contributed by atoms with E-state index in [0.29, 0.717) is 0 Å². The van der Waals surface area contributed by atoms with E-state index in [1.165, 1.54) is 0 Å². The third-order valence-corrected chi connectivity index (χ3v) is 6.84. The van der Waals surface area contributed by atoms with Gasteiger partial charge in [0.1, 0.15) is 0 Å². The van der Waals surface area contributed by atoms with Crippen LogP contribution in [0.5, 0.6) is 0 Å². The monoisotopic (exact) mass is 218 g/mol. The molecule has 0 aromatic carbocycles. The van der Waals surface area contributed by atoms with E-state index in [1.54, 1.807) is 5.20 Å². The summed E-state index contributed by atoms with van der Waals surface area (Å²) >= 11 is 0. The first-order chi connectivity index (χ1) is 6.52. The summed E-state index contributed by atoms with van der Waals surface area (Å²) in [5, 5.41) is 1.68. The molecule has 0 saturated carbocycles. The fraction of sp³-hybridized carbons (Fsp3) is 0.500. The van der Waals surface area contributed by atoms with Crippen molar-refractivity contribution in [3.63, 3.8) is 0 Å². The molecule has 0 aromatic heterocycles. The molecule has 0 fully saturated rings. The van der Waals surface area contributed by atoms with E-state index in [9.17, 15) is 0 Å². The van der Waals surface area contributed by atoms with Crippen molar-refractivity contribution in [1.29, 1.82) is 0 Å². The summed E-state index contributed by atoms with van der Waals surface area (Å²) in [5.74, 6) is 3.04. The second-order valence-corrected chi connectivity index (χ2v) is 9.88. The van der Waals surface area contributed by atoms with Gasteiger partial charge in [-0.05, 0) is 6.42 Å². The van der Waals surface area contributed by atoms with Gasteiger partial charge in [0.05, 0.1) is 17.6 Å². The minimum Gasteiger partial charge on any atom is -0.120 e. The first kappa shape index (κ1) is 11.5. The molecule has 0 heterocycles. The van der Waals surface area contributed by atoms with Crippen LogP contribution in [0.25, 0.3) is 0 Å². The lowest BCUT2D eigenvalue weighted by molar-refractivity contribution is 0.837. The molecule has 1 rings (SSSR count). The first-order valence-electron chi connectivity index (χ1n) is 4.99. The van der Waals surface area contributed by atoms with E-state index in [2.05, 4.69) is 50.3 Å². The van der Waals surface area contributed by atoms with Gasteiger partial charge in [0.25, 0.3) is 0 Å². The molecule has 0 spiro atoms. The molecule has 0 saturated heterocycles. The predicted octanol–water partition coefficient (Wildman–Crippen LogP) is 3.29. The highest BCUT2D eigenvalue weighted by atomic mass is 28.3. The van der Waals surface area contributed by atoms with Crippen LogP contribution in [0.15, 0.2) is 23.4 Å². The van der Waals surface area contributed by atoms with Gasteiger partial charge in [0.15, 0.2) is 0 Å². The summed E-state index contributed by atoms with van der Waals surface area (Å²) in [6.45, 7) is 9.31. The minimum atomic E-state index is -0.458. The number of rotatable bonds is 2. The lowest BCUT2D eigenvalue weighted by Gasteiger charge is -2.32. The van der Waals surface area contributed by atoms with Gasteiger partial charge in [-0.1, -0.05) is 55.5 Å². The van der Waals surface area contributed by atoms with Crippen molar-refractivity contribution in [3.05, 3.63) is 23.4 Å². The molecule has 0 aromatic rings. The van der Waals surface area contributed by atoms with E-state index in [4.69, 9.17) is 6.42 Å². The Morgan fingerprint density at radius 1 is 1.36 bits per heavy atom. The molecule has 1 unspecified atom stereocenters. The smallest absolute Gasteiger partial charge is 0.0737 e. The van der Waals surface area contributed by atoms with Crippen LogP contribution in [0.2, 0.25) is 31.2 Å². The molecule has 0 bridgehead atoms. The van der Waals surface area contributed by atoms with Crippen LogP contribution >= 0.6 is 0 Å². The van der Waals surface area contributed by atoms with Crippen LogP contribution in [-0.2, 0) is 0 Å².